The highest BCUT2D eigenvalue weighted by Crippen LogP contribution is 2.43. The molecule has 0 atom stereocenters. The first-order valence-electron chi connectivity index (χ1n) is 11.0. The minimum Gasteiger partial charge on any atom is -0.481 e. The summed E-state index contributed by atoms with van der Waals surface area (Å²) in [4.78, 5) is 25.4. The highest BCUT2D eigenvalue weighted by Gasteiger charge is 2.39. The van der Waals surface area contributed by atoms with Crippen molar-refractivity contribution in [2.45, 2.75) is 58.2 Å². The SMILES string of the molecule is Cc1cc(Nc2nccc(OC(C)C)n2)cc(-c2cnc([C@]3(O)CC[C@H](C(=O)O)CC3)s2)c1. The molecule has 1 aliphatic carbocycles. The van der Waals surface area contributed by atoms with Crippen LogP contribution in [0.15, 0.2) is 36.7 Å². The van der Waals surface area contributed by atoms with Crippen LogP contribution in [-0.4, -0.2) is 37.2 Å². The van der Waals surface area contributed by atoms with Crippen molar-refractivity contribution in [2.24, 2.45) is 5.92 Å². The lowest BCUT2D eigenvalue weighted by Gasteiger charge is -2.32. The van der Waals surface area contributed by atoms with Gasteiger partial charge in [0.25, 0.3) is 0 Å². The Balaban J connectivity index is 1.53. The second kappa shape index (κ2) is 9.44. The Morgan fingerprint density at radius 1 is 1.24 bits per heavy atom. The average molecular weight is 469 g/mol. The number of thiazole rings is 1. The van der Waals surface area contributed by atoms with Gasteiger partial charge in [0, 0.05) is 24.1 Å². The van der Waals surface area contributed by atoms with Gasteiger partial charge < -0.3 is 20.3 Å². The van der Waals surface area contributed by atoms with Crippen molar-refractivity contribution in [3.63, 3.8) is 0 Å². The van der Waals surface area contributed by atoms with E-state index in [1.54, 1.807) is 18.5 Å². The van der Waals surface area contributed by atoms with Crippen LogP contribution in [-0.2, 0) is 10.4 Å². The van der Waals surface area contributed by atoms with E-state index in [9.17, 15) is 15.0 Å². The second-order valence-electron chi connectivity index (χ2n) is 8.77. The van der Waals surface area contributed by atoms with Crippen LogP contribution in [0.3, 0.4) is 0 Å². The molecule has 3 aromatic rings. The molecule has 0 unspecified atom stereocenters. The van der Waals surface area contributed by atoms with E-state index in [0.29, 0.717) is 42.5 Å². The summed E-state index contributed by atoms with van der Waals surface area (Å²) in [7, 11) is 0. The lowest BCUT2D eigenvalue weighted by atomic mass is 9.79. The third kappa shape index (κ3) is 5.48. The van der Waals surface area contributed by atoms with Gasteiger partial charge >= 0.3 is 5.97 Å². The summed E-state index contributed by atoms with van der Waals surface area (Å²) in [5, 5.41) is 24.2. The summed E-state index contributed by atoms with van der Waals surface area (Å²) in [5.74, 6) is -0.226. The van der Waals surface area contributed by atoms with E-state index >= 15 is 0 Å². The van der Waals surface area contributed by atoms with Gasteiger partial charge in [0.05, 0.1) is 16.9 Å². The number of nitrogens with one attached hydrogen (secondary N) is 1. The molecule has 1 aliphatic rings. The molecule has 0 saturated heterocycles. The monoisotopic (exact) mass is 468 g/mol. The van der Waals surface area contributed by atoms with E-state index < -0.39 is 11.6 Å². The Morgan fingerprint density at radius 3 is 2.70 bits per heavy atom. The molecule has 0 amide bonds. The van der Waals surface area contributed by atoms with Crippen molar-refractivity contribution in [3.05, 3.63) is 47.2 Å². The van der Waals surface area contributed by atoms with Gasteiger partial charge in [-0.1, -0.05) is 6.07 Å². The van der Waals surface area contributed by atoms with Crippen LogP contribution in [0, 0.1) is 12.8 Å². The number of carbonyl (C=O) groups is 1. The van der Waals surface area contributed by atoms with E-state index in [4.69, 9.17) is 4.74 Å². The van der Waals surface area contributed by atoms with Crippen molar-refractivity contribution >= 4 is 28.9 Å². The zero-order chi connectivity index (χ0) is 23.6. The zero-order valence-electron chi connectivity index (χ0n) is 18.9. The first kappa shape index (κ1) is 23.1. The van der Waals surface area contributed by atoms with Crippen molar-refractivity contribution in [3.8, 4) is 16.3 Å². The lowest BCUT2D eigenvalue weighted by molar-refractivity contribution is -0.145. The lowest BCUT2D eigenvalue weighted by Crippen LogP contribution is -2.33. The number of aliphatic hydroxyl groups is 1. The fourth-order valence-electron chi connectivity index (χ4n) is 4.02. The van der Waals surface area contributed by atoms with Crippen LogP contribution in [0.25, 0.3) is 10.4 Å². The third-order valence-electron chi connectivity index (χ3n) is 5.67. The van der Waals surface area contributed by atoms with E-state index in [2.05, 4.69) is 26.3 Å². The number of carboxylic acid groups (broad SMARTS) is 1. The number of carboxylic acids is 1. The number of nitrogens with zero attached hydrogens (tertiary/aromatic N) is 3. The number of aromatic nitrogens is 3. The molecule has 2 aromatic heterocycles. The molecule has 174 valence electrons. The molecule has 0 bridgehead atoms. The maximum absolute atomic E-state index is 11.2. The van der Waals surface area contributed by atoms with E-state index in [1.165, 1.54) is 11.3 Å². The molecule has 9 heteroatoms. The predicted molar refractivity (Wildman–Crippen MR) is 127 cm³/mol. The van der Waals surface area contributed by atoms with Crippen molar-refractivity contribution in [2.75, 3.05) is 5.32 Å². The van der Waals surface area contributed by atoms with Gasteiger partial charge in [-0.25, -0.2) is 9.97 Å². The molecule has 33 heavy (non-hydrogen) atoms. The Bertz CT molecular complexity index is 1140. The summed E-state index contributed by atoms with van der Waals surface area (Å²) in [5.41, 5.74) is 1.80. The number of aliphatic carboxylic acids is 1. The minimum absolute atomic E-state index is 0.0212. The van der Waals surface area contributed by atoms with Gasteiger partial charge in [0.1, 0.15) is 10.6 Å². The maximum atomic E-state index is 11.2. The van der Waals surface area contributed by atoms with Gasteiger partial charge in [0.2, 0.25) is 11.8 Å². The zero-order valence-corrected chi connectivity index (χ0v) is 19.7. The van der Waals surface area contributed by atoms with E-state index in [0.717, 1.165) is 21.7 Å². The third-order valence-corrected chi connectivity index (χ3v) is 6.91. The molecular formula is C24H28N4O4S. The first-order valence-corrected chi connectivity index (χ1v) is 11.8. The van der Waals surface area contributed by atoms with E-state index in [1.807, 2.05) is 32.9 Å². The number of hydrogen-bond acceptors (Lipinski definition) is 8. The average Bonchev–Trinajstić information content (AvgIpc) is 3.25. The second-order valence-corrected chi connectivity index (χ2v) is 9.80. The van der Waals surface area contributed by atoms with Gasteiger partial charge in [0.15, 0.2) is 0 Å². The smallest absolute Gasteiger partial charge is 0.306 e. The molecular weight excluding hydrogens is 440 g/mol. The molecule has 4 rings (SSSR count). The van der Waals surface area contributed by atoms with Crippen LogP contribution in [0.4, 0.5) is 11.6 Å². The predicted octanol–water partition coefficient (Wildman–Crippen LogP) is 4.90. The van der Waals surface area contributed by atoms with E-state index in [-0.39, 0.29) is 12.0 Å². The molecule has 1 fully saturated rings. The van der Waals surface area contributed by atoms with Gasteiger partial charge in [-0.2, -0.15) is 4.98 Å². The fourth-order valence-corrected chi connectivity index (χ4v) is 5.06. The summed E-state index contributed by atoms with van der Waals surface area (Å²) in [6.07, 6.45) is 5.17. The summed E-state index contributed by atoms with van der Waals surface area (Å²) in [6.45, 7) is 5.90. The molecule has 0 aliphatic heterocycles. The minimum atomic E-state index is -1.07. The van der Waals surface area contributed by atoms with Gasteiger partial charge in [-0.15, -0.1) is 11.3 Å². The first-order chi connectivity index (χ1) is 15.7. The Morgan fingerprint density at radius 2 is 2.00 bits per heavy atom. The molecule has 2 heterocycles. The van der Waals surface area contributed by atoms with Gasteiger partial charge in [-0.05, 0) is 69.7 Å². The van der Waals surface area contributed by atoms with Crippen LogP contribution in [0.1, 0.15) is 50.1 Å². The highest BCUT2D eigenvalue weighted by atomic mass is 32.1. The fraction of sp³-hybridized carbons (Fsp3) is 0.417. The van der Waals surface area contributed by atoms with Crippen LogP contribution < -0.4 is 10.1 Å². The van der Waals surface area contributed by atoms with Crippen LogP contribution in [0.5, 0.6) is 5.88 Å². The standard InChI is InChI=1S/C24H28N4O4S/c1-14(2)32-20-6-9-25-23(28-20)27-18-11-15(3)10-17(12-18)19-13-26-22(33-19)24(31)7-4-16(5-8-24)21(29)30/h6,9-14,16,31H,4-5,7-8H2,1-3H3,(H,29,30)(H,25,27,28)/t16-,24-. The molecule has 0 spiro atoms. The highest BCUT2D eigenvalue weighted by molar-refractivity contribution is 7.15. The van der Waals surface area contributed by atoms with Gasteiger partial charge in [-0.3, -0.25) is 4.79 Å². The number of rotatable bonds is 7. The number of anilines is 2. The number of ether oxygens (including phenoxy) is 1. The summed E-state index contributed by atoms with van der Waals surface area (Å²) >= 11 is 1.45. The quantitative estimate of drug-likeness (QED) is 0.448. The molecule has 1 saturated carbocycles. The van der Waals surface area contributed by atoms with Crippen molar-refractivity contribution in [1.82, 2.24) is 15.0 Å². The number of benzene rings is 1. The summed E-state index contributed by atoms with van der Waals surface area (Å²) in [6, 6.07) is 7.79. The molecule has 1 aromatic carbocycles. The molecule has 3 N–H and O–H groups in total. The normalized spacial score (nSPS) is 20.6. The largest absolute Gasteiger partial charge is 0.481 e. The summed E-state index contributed by atoms with van der Waals surface area (Å²) < 4.78 is 5.64. The molecule has 8 nitrogen and oxygen atoms in total. The topological polar surface area (TPSA) is 117 Å². The Labute approximate surface area is 196 Å². The van der Waals surface area contributed by atoms with Crippen molar-refractivity contribution < 1.29 is 19.7 Å². The van der Waals surface area contributed by atoms with Crippen molar-refractivity contribution in [1.29, 1.82) is 0 Å². The molecule has 0 radical (unpaired) electrons. The van der Waals surface area contributed by atoms with Crippen LogP contribution >= 0.6 is 11.3 Å². The number of aryl methyl sites for hydroxylation is 1. The Kier molecular flexibility index (Phi) is 6.62. The number of hydrogen-bond donors (Lipinski definition) is 3. The Hall–Kier alpha value is -3.04. The maximum Gasteiger partial charge on any atom is 0.306 e. The van der Waals surface area contributed by atoms with Crippen LogP contribution in [0.2, 0.25) is 0 Å².